The number of hydrogen-bond acceptors (Lipinski definition) is 7. The van der Waals surface area contributed by atoms with Crippen LogP contribution in [0.1, 0.15) is 11.1 Å². The first-order valence-electron chi connectivity index (χ1n) is 10.6. The molecule has 6 rings (SSSR count). The molecular formula is C24H19N5O3S. The van der Waals surface area contributed by atoms with Crippen molar-refractivity contribution in [2.45, 2.75) is 18.0 Å². The average molecular weight is 458 g/mol. The molecule has 0 fully saturated rings. The fourth-order valence-corrected chi connectivity index (χ4v) is 4.93. The molecule has 3 heterocycles. The first-order chi connectivity index (χ1) is 16.3. The Morgan fingerprint density at radius 2 is 1.61 bits per heavy atom. The summed E-state index contributed by atoms with van der Waals surface area (Å²) in [6, 6.07) is 21.7. The van der Waals surface area contributed by atoms with Gasteiger partial charge in [-0.15, -0.1) is 5.10 Å². The lowest BCUT2D eigenvalue weighted by atomic mass is 10.0. The zero-order chi connectivity index (χ0) is 22.2. The SMILES string of the molecule is O=C(CSc1nnnn1-c1ccc2c(c1)OCO2)N1c2ccccc2CCc2ccccc21. The minimum absolute atomic E-state index is 0.0259. The van der Waals surface area contributed by atoms with Crippen LogP contribution in [0.4, 0.5) is 11.4 Å². The number of carbonyl (C=O) groups is 1. The molecule has 1 amide bonds. The van der Waals surface area contributed by atoms with E-state index in [4.69, 9.17) is 9.47 Å². The number of carbonyl (C=O) groups excluding carboxylic acids is 1. The molecule has 4 aromatic rings. The van der Waals surface area contributed by atoms with Gasteiger partial charge in [0, 0.05) is 6.07 Å². The molecule has 3 aromatic carbocycles. The predicted octanol–water partition coefficient (Wildman–Crippen LogP) is 3.95. The number of anilines is 2. The standard InChI is InChI=1S/C24H19N5O3S/c30-23(28-19-7-3-1-5-16(19)9-10-17-6-2-4-8-20(17)28)14-33-24-25-26-27-29(24)18-11-12-21-22(13-18)32-15-31-21/h1-8,11-13H,9-10,14-15H2. The molecule has 9 heteroatoms. The van der Waals surface area contributed by atoms with Crippen LogP contribution in [-0.4, -0.2) is 38.7 Å². The molecular weight excluding hydrogens is 438 g/mol. The third-order valence-electron chi connectivity index (χ3n) is 5.74. The Kier molecular flexibility index (Phi) is 4.95. The summed E-state index contributed by atoms with van der Waals surface area (Å²) in [7, 11) is 0. The number of tetrazole rings is 1. The second kappa shape index (κ2) is 8.25. The first kappa shape index (κ1) is 19.8. The minimum atomic E-state index is -0.0259. The van der Waals surface area contributed by atoms with Gasteiger partial charge in [0.05, 0.1) is 22.8 Å². The van der Waals surface area contributed by atoms with Crippen LogP contribution in [0.3, 0.4) is 0 Å². The molecule has 33 heavy (non-hydrogen) atoms. The van der Waals surface area contributed by atoms with Crippen molar-refractivity contribution in [1.82, 2.24) is 20.2 Å². The topological polar surface area (TPSA) is 82.4 Å². The van der Waals surface area contributed by atoms with E-state index >= 15 is 0 Å². The van der Waals surface area contributed by atoms with Gasteiger partial charge in [-0.1, -0.05) is 48.2 Å². The van der Waals surface area contributed by atoms with Crippen LogP contribution in [0.2, 0.25) is 0 Å². The molecule has 2 aliphatic heterocycles. The number of rotatable bonds is 4. The number of para-hydroxylation sites is 2. The van der Waals surface area contributed by atoms with Crippen LogP contribution in [-0.2, 0) is 17.6 Å². The normalized spacial score (nSPS) is 13.9. The van der Waals surface area contributed by atoms with Gasteiger partial charge in [0.1, 0.15) is 0 Å². The van der Waals surface area contributed by atoms with E-state index in [-0.39, 0.29) is 18.5 Å². The quantitative estimate of drug-likeness (QED) is 0.429. The van der Waals surface area contributed by atoms with Crippen molar-refractivity contribution in [2.24, 2.45) is 0 Å². The number of nitrogens with zero attached hydrogens (tertiary/aromatic N) is 5. The lowest BCUT2D eigenvalue weighted by Gasteiger charge is -2.24. The van der Waals surface area contributed by atoms with Crippen molar-refractivity contribution in [2.75, 3.05) is 17.4 Å². The van der Waals surface area contributed by atoms with Crippen LogP contribution in [0.5, 0.6) is 11.5 Å². The Balaban J connectivity index is 1.28. The summed E-state index contributed by atoms with van der Waals surface area (Å²) in [5.41, 5.74) is 4.94. The highest BCUT2D eigenvalue weighted by molar-refractivity contribution is 7.99. The zero-order valence-electron chi connectivity index (χ0n) is 17.5. The van der Waals surface area contributed by atoms with Crippen LogP contribution in [0.15, 0.2) is 71.9 Å². The van der Waals surface area contributed by atoms with E-state index in [1.807, 2.05) is 59.5 Å². The van der Waals surface area contributed by atoms with Gasteiger partial charge in [-0.25, -0.2) is 0 Å². The first-order valence-corrected chi connectivity index (χ1v) is 11.6. The molecule has 0 atom stereocenters. The molecule has 0 unspecified atom stereocenters. The van der Waals surface area contributed by atoms with Gasteiger partial charge < -0.3 is 9.47 Å². The number of thioether (sulfide) groups is 1. The Morgan fingerprint density at radius 3 is 2.36 bits per heavy atom. The van der Waals surface area contributed by atoms with Gasteiger partial charge in [-0.3, -0.25) is 9.69 Å². The Bertz CT molecular complexity index is 1310. The van der Waals surface area contributed by atoms with E-state index in [2.05, 4.69) is 27.7 Å². The van der Waals surface area contributed by atoms with Crippen molar-refractivity contribution in [1.29, 1.82) is 0 Å². The maximum absolute atomic E-state index is 13.6. The number of amides is 1. The fraction of sp³-hybridized carbons (Fsp3) is 0.167. The van der Waals surface area contributed by atoms with E-state index in [9.17, 15) is 4.79 Å². The van der Waals surface area contributed by atoms with Gasteiger partial charge >= 0.3 is 0 Å². The third kappa shape index (κ3) is 3.60. The summed E-state index contributed by atoms with van der Waals surface area (Å²) < 4.78 is 12.4. The summed E-state index contributed by atoms with van der Waals surface area (Å²) in [4.78, 5) is 15.4. The number of hydrogen-bond donors (Lipinski definition) is 0. The summed E-state index contributed by atoms with van der Waals surface area (Å²) in [5, 5.41) is 12.6. The summed E-state index contributed by atoms with van der Waals surface area (Å²) in [6.45, 7) is 0.198. The number of ether oxygens (including phenoxy) is 2. The Morgan fingerprint density at radius 1 is 0.909 bits per heavy atom. The number of benzene rings is 3. The Labute approximate surface area is 194 Å². The van der Waals surface area contributed by atoms with E-state index in [1.165, 1.54) is 11.8 Å². The third-order valence-corrected chi connectivity index (χ3v) is 6.65. The summed E-state index contributed by atoms with van der Waals surface area (Å²) >= 11 is 1.30. The van der Waals surface area contributed by atoms with Crippen molar-refractivity contribution >= 4 is 29.0 Å². The predicted molar refractivity (Wildman–Crippen MR) is 123 cm³/mol. The molecule has 8 nitrogen and oxygen atoms in total. The zero-order valence-corrected chi connectivity index (χ0v) is 18.4. The molecule has 0 radical (unpaired) electrons. The molecule has 0 saturated heterocycles. The van der Waals surface area contributed by atoms with E-state index in [1.54, 1.807) is 4.68 Å². The molecule has 1 aromatic heterocycles. The lowest BCUT2D eigenvalue weighted by molar-refractivity contribution is -0.115. The van der Waals surface area contributed by atoms with Crippen molar-refractivity contribution in [3.8, 4) is 17.2 Å². The molecule has 0 bridgehead atoms. The second-order valence-corrected chi connectivity index (χ2v) is 8.63. The maximum Gasteiger partial charge on any atom is 0.242 e. The molecule has 0 aliphatic carbocycles. The number of fused-ring (bicyclic) bond motifs is 3. The molecule has 0 spiro atoms. The van der Waals surface area contributed by atoms with Crippen LogP contribution in [0.25, 0.3) is 5.69 Å². The monoisotopic (exact) mass is 457 g/mol. The van der Waals surface area contributed by atoms with Gasteiger partial charge in [0.15, 0.2) is 11.5 Å². The minimum Gasteiger partial charge on any atom is -0.454 e. The van der Waals surface area contributed by atoms with E-state index in [0.29, 0.717) is 16.7 Å². The Hall–Kier alpha value is -3.85. The fourth-order valence-electron chi connectivity index (χ4n) is 4.19. The highest BCUT2D eigenvalue weighted by atomic mass is 32.2. The van der Waals surface area contributed by atoms with E-state index in [0.717, 1.165) is 41.0 Å². The van der Waals surface area contributed by atoms with Gasteiger partial charge in [-0.05, 0) is 58.7 Å². The van der Waals surface area contributed by atoms with Gasteiger partial charge in [0.25, 0.3) is 0 Å². The molecule has 0 N–H and O–H groups in total. The summed E-state index contributed by atoms with van der Waals surface area (Å²) in [6.07, 6.45) is 1.79. The smallest absolute Gasteiger partial charge is 0.242 e. The lowest BCUT2D eigenvalue weighted by Crippen LogP contribution is -2.28. The van der Waals surface area contributed by atoms with Crippen LogP contribution < -0.4 is 14.4 Å². The number of aryl methyl sites for hydroxylation is 2. The summed E-state index contributed by atoms with van der Waals surface area (Å²) in [5.74, 6) is 1.50. The van der Waals surface area contributed by atoms with Crippen LogP contribution in [0, 0.1) is 0 Å². The highest BCUT2D eigenvalue weighted by Gasteiger charge is 2.26. The van der Waals surface area contributed by atoms with Crippen molar-refractivity contribution in [3.05, 3.63) is 77.9 Å². The number of aromatic nitrogens is 4. The molecule has 2 aliphatic rings. The largest absolute Gasteiger partial charge is 0.454 e. The van der Waals surface area contributed by atoms with E-state index < -0.39 is 0 Å². The van der Waals surface area contributed by atoms with Gasteiger partial charge in [-0.2, -0.15) is 4.68 Å². The maximum atomic E-state index is 13.6. The van der Waals surface area contributed by atoms with Gasteiger partial charge in [0.2, 0.25) is 17.9 Å². The second-order valence-electron chi connectivity index (χ2n) is 7.69. The average Bonchev–Trinajstić information content (AvgIpc) is 3.48. The highest BCUT2D eigenvalue weighted by Crippen LogP contribution is 2.37. The van der Waals surface area contributed by atoms with Crippen molar-refractivity contribution < 1.29 is 14.3 Å². The van der Waals surface area contributed by atoms with Crippen molar-refractivity contribution in [3.63, 3.8) is 0 Å². The molecule has 0 saturated carbocycles. The van der Waals surface area contributed by atoms with Crippen LogP contribution >= 0.6 is 11.8 Å². The molecule has 164 valence electrons.